The number of halogens is 5. The molecule has 0 bridgehead atoms. The minimum atomic E-state index is -3.13. The summed E-state index contributed by atoms with van der Waals surface area (Å²) in [5, 5.41) is 3.46. The molecule has 1 aromatic heterocycles. The lowest BCUT2D eigenvalue weighted by molar-refractivity contribution is -0.135. The van der Waals surface area contributed by atoms with Gasteiger partial charge in [0.1, 0.15) is 22.3 Å². The summed E-state index contributed by atoms with van der Waals surface area (Å²) in [5.41, 5.74) is -0.327. The van der Waals surface area contributed by atoms with Gasteiger partial charge in [0.15, 0.2) is 0 Å². The molecule has 0 unspecified atom stereocenters. The van der Waals surface area contributed by atoms with Crippen molar-refractivity contribution in [3.05, 3.63) is 28.0 Å². The van der Waals surface area contributed by atoms with E-state index in [9.17, 15) is 18.0 Å². The molecule has 0 N–H and O–H groups in total. The highest BCUT2D eigenvalue weighted by Gasteiger charge is 2.24. The van der Waals surface area contributed by atoms with Gasteiger partial charge in [-0.15, -0.1) is 0 Å². The first-order valence-corrected chi connectivity index (χ1v) is 8.23. The van der Waals surface area contributed by atoms with Gasteiger partial charge >= 0.3 is 12.6 Å². The summed E-state index contributed by atoms with van der Waals surface area (Å²) in [6.07, 6.45) is 0.139. The van der Waals surface area contributed by atoms with E-state index in [-0.39, 0.29) is 39.4 Å². The number of aromatic nitrogens is 2. The van der Waals surface area contributed by atoms with Gasteiger partial charge < -0.3 is 9.47 Å². The van der Waals surface area contributed by atoms with Gasteiger partial charge in [0.05, 0.1) is 5.02 Å². The molecule has 0 aliphatic carbocycles. The molecular formula is C16H15Cl2F3N2O3. The normalized spacial score (nSPS) is 11.3. The zero-order valence-electron chi connectivity index (χ0n) is 14.0. The van der Waals surface area contributed by atoms with Crippen LogP contribution in [0.4, 0.5) is 13.2 Å². The van der Waals surface area contributed by atoms with E-state index in [0.29, 0.717) is 0 Å². The van der Waals surface area contributed by atoms with Gasteiger partial charge in [-0.1, -0.05) is 37.0 Å². The molecule has 0 spiro atoms. The third kappa shape index (κ3) is 4.62. The largest absolute Gasteiger partial charge is 0.425 e. The van der Waals surface area contributed by atoms with Crippen molar-refractivity contribution in [2.45, 2.75) is 26.9 Å². The van der Waals surface area contributed by atoms with Crippen molar-refractivity contribution in [1.29, 1.82) is 0 Å². The molecule has 0 fully saturated rings. The van der Waals surface area contributed by atoms with Crippen LogP contribution in [0.25, 0.3) is 11.3 Å². The Morgan fingerprint density at radius 1 is 1.31 bits per heavy atom. The van der Waals surface area contributed by atoms with Gasteiger partial charge in [0.2, 0.25) is 5.88 Å². The Bertz CT molecular complexity index is 826. The fraction of sp³-hybridized carbons (Fsp3) is 0.375. The first kappa shape index (κ1) is 20.4. The van der Waals surface area contributed by atoms with Gasteiger partial charge in [-0.25, -0.2) is 9.07 Å². The van der Waals surface area contributed by atoms with Crippen LogP contribution in [0.2, 0.25) is 10.0 Å². The first-order valence-electron chi connectivity index (χ1n) is 7.47. The van der Waals surface area contributed by atoms with Crippen LogP contribution in [0.3, 0.4) is 0 Å². The number of ether oxygens (including phenoxy) is 2. The molecule has 0 saturated carbocycles. The average molecular weight is 411 g/mol. The Kier molecular flexibility index (Phi) is 6.41. The number of rotatable bonds is 6. The van der Waals surface area contributed by atoms with Crippen molar-refractivity contribution in [3.8, 4) is 22.9 Å². The van der Waals surface area contributed by atoms with E-state index in [1.807, 2.05) is 13.8 Å². The Morgan fingerprint density at radius 3 is 2.54 bits per heavy atom. The molecule has 26 heavy (non-hydrogen) atoms. The van der Waals surface area contributed by atoms with Crippen LogP contribution in [0, 0.1) is 11.7 Å². The zero-order valence-corrected chi connectivity index (χ0v) is 15.5. The first-order chi connectivity index (χ1) is 12.1. The molecule has 10 heteroatoms. The highest BCUT2D eigenvalue weighted by molar-refractivity contribution is 6.34. The molecule has 142 valence electrons. The Balaban J connectivity index is 2.44. The summed E-state index contributed by atoms with van der Waals surface area (Å²) in [4.78, 5) is 11.8. The third-order valence-corrected chi connectivity index (χ3v) is 3.85. The molecule has 0 radical (unpaired) electrons. The second-order valence-corrected chi connectivity index (χ2v) is 6.59. The smallest absolute Gasteiger partial charge is 0.388 e. The van der Waals surface area contributed by atoms with Gasteiger partial charge in [0.25, 0.3) is 0 Å². The van der Waals surface area contributed by atoms with E-state index in [1.54, 1.807) is 0 Å². The average Bonchev–Trinajstić information content (AvgIpc) is 2.77. The fourth-order valence-electron chi connectivity index (χ4n) is 2.15. The van der Waals surface area contributed by atoms with E-state index < -0.39 is 24.3 Å². The van der Waals surface area contributed by atoms with Crippen LogP contribution in [0.1, 0.15) is 20.3 Å². The summed E-state index contributed by atoms with van der Waals surface area (Å²) in [7, 11) is 1.31. The Labute approximate surface area is 157 Å². The molecular weight excluding hydrogens is 396 g/mol. The lowest BCUT2D eigenvalue weighted by Crippen LogP contribution is -2.11. The summed E-state index contributed by atoms with van der Waals surface area (Å²) in [5.74, 6) is -1.83. The van der Waals surface area contributed by atoms with Crippen LogP contribution >= 0.6 is 23.2 Å². The standard InChI is InChI=1S/C16H15Cl2F3N2O3/c1-7(2)4-12(24)25-11-5-8(10(19)6-9(11)17)14-13(18)15(23(3)22-14)26-16(20)21/h5-7,16H,4H2,1-3H3. The van der Waals surface area contributed by atoms with Crippen LogP contribution < -0.4 is 9.47 Å². The SMILES string of the molecule is CC(C)CC(=O)Oc1cc(-c2nn(C)c(OC(F)F)c2Cl)c(F)cc1Cl. The lowest BCUT2D eigenvalue weighted by atomic mass is 10.1. The quantitative estimate of drug-likeness (QED) is 0.491. The molecule has 0 saturated heterocycles. The predicted octanol–water partition coefficient (Wildman–Crippen LogP) is 5.09. The van der Waals surface area contributed by atoms with Gasteiger partial charge in [-0.3, -0.25) is 4.79 Å². The fourth-order valence-corrected chi connectivity index (χ4v) is 2.65. The molecule has 5 nitrogen and oxygen atoms in total. The van der Waals surface area contributed by atoms with Crippen molar-refractivity contribution in [3.63, 3.8) is 0 Å². The maximum Gasteiger partial charge on any atom is 0.388 e. The highest BCUT2D eigenvalue weighted by atomic mass is 35.5. The van der Waals surface area contributed by atoms with E-state index >= 15 is 0 Å². The Morgan fingerprint density at radius 2 is 1.96 bits per heavy atom. The highest BCUT2D eigenvalue weighted by Crippen LogP contribution is 2.39. The second-order valence-electron chi connectivity index (χ2n) is 5.80. The number of esters is 1. The monoisotopic (exact) mass is 410 g/mol. The zero-order chi connectivity index (χ0) is 19.6. The van der Waals surface area contributed by atoms with E-state index in [4.69, 9.17) is 27.9 Å². The van der Waals surface area contributed by atoms with Crippen LogP contribution in [0.15, 0.2) is 12.1 Å². The second kappa shape index (κ2) is 8.18. The van der Waals surface area contributed by atoms with Crippen LogP contribution in [-0.4, -0.2) is 22.4 Å². The van der Waals surface area contributed by atoms with E-state index in [1.165, 1.54) is 7.05 Å². The number of alkyl halides is 2. The van der Waals surface area contributed by atoms with E-state index in [2.05, 4.69) is 9.84 Å². The molecule has 1 heterocycles. The summed E-state index contributed by atoms with van der Waals surface area (Å²) < 4.78 is 49.6. The summed E-state index contributed by atoms with van der Waals surface area (Å²) >= 11 is 11.9. The topological polar surface area (TPSA) is 53.3 Å². The summed E-state index contributed by atoms with van der Waals surface area (Å²) in [6, 6.07) is 2.06. The maximum atomic E-state index is 14.3. The summed E-state index contributed by atoms with van der Waals surface area (Å²) in [6.45, 7) is 0.535. The van der Waals surface area contributed by atoms with Crippen molar-refractivity contribution in [2.75, 3.05) is 0 Å². The van der Waals surface area contributed by atoms with Crippen LogP contribution in [0.5, 0.6) is 11.6 Å². The van der Waals surface area contributed by atoms with Crippen molar-refractivity contribution >= 4 is 29.2 Å². The van der Waals surface area contributed by atoms with Crippen molar-refractivity contribution in [2.24, 2.45) is 13.0 Å². The van der Waals surface area contributed by atoms with Gasteiger partial charge in [-0.2, -0.15) is 13.9 Å². The molecule has 0 aliphatic heterocycles. The minimum Gasteiger partial charge on any atom is -0.425 e. The molecule has 0 amide bonds. The molecule has 0 aliphatic rings. The third-order valence-electron chi connectivity index (χ3n) is 3.22. The number of carbonyl (C=O) groups excluding carboxylic acids is 1. The van der Waals surface area contributed by atoms with E-state index in [0.717, 1.165) is 16.8 Å². The van der Waals surface area contributed by atoms with Crippen LogP contribution in [-0.2, 0) is 11.8 Å². The molecule has 0 atom stereocenters. The van der Waals surface area contributed by atoms with Crippen molar-refractivity contribution in [1.82, 2.24) is 9.78 Å². The molecule has 1 aromatic carbocycles. The predicted molar refractivity (Wildman–Crippen MR) is 90.3 cm³/mol. The van der Waals surface area contributed by atoms with Gasteiger partial charge in [-0.05, 0) is 18.1 Å². The number of benzene rings is 1. The number of carbonyl (C=O) groups is 1. The lowest BCUT2D eigenvalue weighted by Gasteiger charge is -2.10. The number of hydrogen-bond acceptors (Lipinski definition) is 4. The number of hydrogen-bond donors (Lipinski definition) is 0. The molecule has 2 rings (SSSR count). The van der Waals surface area contributed by atoms with Gasteiger partial charge in [0, 0.05) is 19.0 Å². The minimum absolute atomic E-state index is 0.0560. The van der Waals surface area contributed by atoms with Crippen molar-refractivity contribution < 1.29 is 27.4 Å². The molecule has 2 aromatic rings. The number of aryl methyl sites for hydroxylation is 1. The maximum absolute atomic E-state index is 14.3. The number of nitrogens with zero attached hydrogens (tertiary/aromatic N) is 2. The Hall–Kier alpha value is -1.93.